The second-order valence-corrected chi connectivity index (χ2v) is 16.8. The van der Waals surface area contributed by atoms with Gasteiger partial charge in [0.15, 0.2) is 11.6 Å². The first-order valence-electron chi connectivity index (χ1n) is 19.8. The maximum atomic E-state index is 15.3. The number of hydrogen-bond donors (Lipinski definition) is 1. The van der Waals surface area contributed by atoms with Gasteiger partial charge in [0.2, 0.25) is 0 Å². The number of rotatable bonds is 13. The summed E-state index contributed by atoms with van der Waals surface area (Å²) in [6.07, 6.45) is 0.0131. The topological polar surface area (TPSA) is 77.1 Å². The molecule has 4 aromatic carbocycles. The first-order chi connectivity index (χ1) is 28.0. The fourth-order valence-corrected chi connectivity index (χ4v) is 9.63. The average Bonchev–Trinajstić information content (AvgIpc) is 3.21. The van der Waals surface area contributed by atoms with Crippen LogP contribution in [0.2, 0.25) is 20.1 Å². The molecule has 5 aromatic rings. The Morgan fingerprint density at radius 3 is 1.93 bits per heavy atom. The van der Waals surface area contributed by atoms with Crippen molar-refractivity contribution < 1.29 is 9.63 Å². The number of hydroxylamine groups is 1. The predicted octanol–water partition coefficient (Wildman–Crippen LogP) is 10.3. The van der Waals surface area contributed by atoms with Crippen LogP contribution in [0.3, 0.4) is 0 Å². The third kappa shape index (κ3) is 8.47. The second-order valence-electron chi connectivity index (χ2n) is 15.1. The highest BCUT2D eigenvalue weighted by molar-refractivity contribution is 6.39. The van der Waals surface area contributed by atoms with Crippen LogP contribution in [0, 0.1) is 0 Å². The van der Waals surface area contributed by atoms with E-state index in [1.54, 1.807) is 36.4 Å². The number of hydrogen-bond acceptors (Lipinski definition) is 8. The van der Waals surface area contributed by atoms with Gasteiger partial charge in [0, 0.05) is 99.8 Å². The van der Waals surface area contributed by atoms with Crippen molar-refractivity contribution in [3.8, 4) is 11.4 Å². The van der Waals surface area contributed by atoms with Crippen LogP contribution in [0.15, 0.2) is 84.9 Å². The smallest absolute Gasteiger partial charge is 0.268 e. The Morgan fingerprint density at radius 2 is 1.38 bits per heavy atom. The van der Waals surface area contributed by atoms with Crippen LogP contribution in [0.5, 0.6) is 0 Å². The molecular weight excluding hydrogens is 812 g/mol. The van der Waals surface area contributed by atoms with Crippen molar-refractivity contribution in [3.05, 3.63) is 133 Å². The summed E-state index contributed by atoms with van der Waals surface area (Å²) in [5.41, 5.74) is 3.62. The van der Waals surface area contributed by atoms with Gasteiger partial charge in [-0.1, -0.05) is 109 Å². The van der Waals surface area contributed by atoms with Gasteiger partial charge in [0.1, 0.15) is 11.2 Å². The molecule has 1 N–H and O–H groups in total. The highest BCUT2D eigenvalue weighted by Crippen LogP contribution is 2.53. The predicted molar refractivity (Wildman–Crippen MR) is 238 cm³/mol. The highest BCUT2D eigenvalue weighted by atomic mass is 35.5. The minimum Gasteiger partial charge on any atom is -0.340 e. The summed E-state index contributed by atoms with van der Waals surface area (Å²) >= 11 is 28.0. The molecule has 9 nitrogen and oxygen atoms in total. The highest BCUT2D eigenvalue weighted by Gasteiger charge is 2.55. The summed E-state index contributed by atoms with van der Waals surface area (Å²) in [6, 6.07) is 27.4. The largest absolute Gasteiger partial charge is 0.340 e. The van der Waals surface area contributed by atoms with Gasteiger partial charge in [-0.25, -0.2) is 9.97 Å². The van der Waals surface area contributed by atoms with Crippen molar-refractivity contribution in [2.45, 2.75) is 58.7 Å². The van der Waals surface area contributed by atoms with Crippen molar-refractivity contribution in [1.82, 2.24) is 24.7 Å². The van der Waals surface area contributed by atoms with Crippen LogP contribution in [-0.2, 0) is 34.6 Å². The number of carbonyl (C=O) groups is 1. The van der Waals surface area contributed by atoms with Crippen LogP contribution in [-0.4, -0.2) is 83.0 Å². The number of amides is 1. The third-order valence-electron chi connectivity index (χ3n) is 11.4. The molecule has 0 radical (unpaired) electrons. The first-order valence-corrected chi connectivity index (χ1v) is 21.3. The fraction of sp³-hybridized carbons (Fsp3) is 0.356. The molecule has 1 saturated heterocycles. The van der Waals surface area contributed by atoms with E-state index in [9.17, 15) is 0 Å². The molecule has 13 heteroatoms. The van der Waals surface area contributed by atoms with Crippen LogP contribution in [0.4, 0.5) is 17.3 Å². The molecule has 7 rings (SSSR count). The number of nitrogens with zero attached hydrogens (tertiary/aromatic N) is 6. The molecule has 304 valence electrons. The molecule has 1 amide bonds. The number of fused-ring (bicyclic) bond motifs is 1. The number of nitrogens with one attached hydrogen (secondary N) is 1. The van der Waals surface area contributed by atoms with Crippen molar-refractivity contribution in [1.29, 1.82) is 0 Å². The van der Waals surface area contributed by atoms with Gasteiger partial charge in [-0.05, 0) is 74.5 Å². The van der Waals surface area contributed by atoms with E-state index in [1.165, 1.54) is 23.3 Å². The maximum Gasteiger partial charge on any atom is 0.268 e. The fourth-order valence-electron chi connectivity index (χ4n) is 8.19. The molecule has 1 fully saturated rings. The number of halogens is 4. The minimum atomic E-state index is -1.64. The SMILES string of the molecule is CCN(CC)Cc1ccc(-c2nc(Nc3cccc(CN4CCN(C(C)C)CC4)c3)c3c(n2)N(OC)C(=O)C(c2c(Cl)cccc2Cl)(c2c(Cl)cccc2Cl)C3)cc1. The molecule has 2 aliphatic heterocycles. The second kappa shape index (κ2) is 18.2. The summed E-state index contributed by atoms with van der Waals surface area (Å²) in [6.45, 7) is 16.5. The summed E-state index contributed by atoms with van der Waals surface area (Å²) < 4.78 is 0. The molecule has 58 heavy (non-hydrogen) atoms. The molecule has 0 aliphatic carbocycles. The normalized spacial score (nSPS) is 16.0. The van der Waals surface area contributed by atoms with Crippen LogP contribution >= 0.6 is 46.4 Å². The zero-order valence-corrected chi connectivity index (χ0v) is 36.6. The Bertz CT molecular complexity index is 2170. The van der Waals surface area contributed by atoms with Crippen LogP contribution < -0.4 is 10.4 Å². The van der Waals surface area contributed by atoms with Gasteiger partial charge in [0.25, 0.3) is 5.91 Å². The van der Waals surface area contributed by atoms with Gasteiger partial charge < -0.3 is 5.32 Å². The van der Waals surface area contributed by atoms with Gasteiger partial charge in [0.05, 0.1) is 7.11 Å². The maximum absolute atomic E-state index is 15.3. The van der Waals surface area contributed by atoms with E-state index in [0.717, 1.165) is 63.6 Å². The zero-order valence-electron chi connectivity index (χ0n) is 33.5. The van der Waals surface area contributed by atoms with Crippen molar-refractivity contribution in [3.63, 3.8) is 0 Å². The number of aromatic nitrogens is 2. The monoisotopic (exact) mass is 859 g/mol. The van der Waals surface area contributed by atoms with E-state index in [1.807, 2.05) is 24.3 Å². The molecule has 0 saturated carbocycles. The van der Waals surface area contributed by atoms with E-state index in [4.69, 9.17) is 61.2 Å². The molecule has 1 aromatic heterocycles. The molecule has 2 aliphatic rings. The Balaban J connectivity index is 1.37. The minimum absolute atomic E-state index is 0.0131. The molecule has 0 spiro atoms. The lowest BCUT2D eigenvalue weighted by atomic mass is 9.67. The lowest BCUT2D eigenvalue weighted by molar-refractivity contribution is -0.130. The molecule has 0 unspecified atom stereocenters. The Labute approximate surface area is 361 Å². The van der Waals surface area contributed by atoms with Crippen LogP contribution in [0.1, 0.15) is 55.5 Å². The van der Waals surface area contributed by atoms with E-state index in [2.05, 4.69) is 72.0 Å². The first kappa shape index (κ1) is 42.4. The number of carbonyl (C=O) groups excluding carboxylic acids is 1. The van der Waals surface area contributed by atoms with Gasteiger partial charge in [-0.3, -0.25) is 24.3 Å². The van der Waals surface area contributed by atoms with Gasteiger partial charge >= 0.3 is 0 Å². The standard InChI is InChI=1S/C45H49Cl4N7O2/c1-6-53(7-2)27-30-17-19-32(20-18-30)41-51-42(50-33-12-8-11-31(25-33)28-54-21-23-55(24-22-54)29(3)4)34-26-45(39-35(46)13-9-14-36(39)47,40-37(48)15-10-16-38(40)49)44(57)56(58-5)43(34)52-41/h8-20,25,29H,6-7,21-24,26-28H2,1-5H3,(H,50,51,52). The van der Waals surface area contributed by atoms with Crippen molar-refractivity contribution in [2.75, 3.05) is 56.8 Å². The molecular formula is C45H49Cl4N7O2. The number of anilines is 3. The Hall–Kier alpha value is -3.77. The van der Waals surface area contributed by atoms with Gasteiger partial charge in [-0.2, -0.15) is 5.06 Å². The van der Waals surface area contributed by atoms with Crippen molar-refractivity contribution in [2.24, 2.45) is 0 Å². The lowest BCUT2D eigenvalue weighted by Crippen LogP contribution is -2.53. The summed E-state index contributed by atoms with van der Waals surface area (Å²) in [4.78, 5) is 38.9. The average molecular weight is 862 g/mol. The Kier molecular flexibility index (Phi) is 13.3. The summed E-state index contributed by atoms with van der Waals surface area (Å²) in [5, 5.41) is 5.93. The lowest BCUT2D eigenvalue weighted by Gasteiger charge is -2.43. The van der Waals surface area contributed by atoms with Crippen LogP contribution in [0.25, 0.3) is 11.4 Å². The van der Waals surface area contributed by atoms with Gasteiger partial charge in [-0.15, -0.1) is 0 Å². The van der Waals surface area contributed by atoms with E-state index in [0.29, 0.717) is 34.4 Å². The summed E-state index contributed by atoms with van der Waals surface area (Å²) in [5.74, 6) is 0.689. The van der Waals surface area contributed by atoms with E-state index >= 15 is 4.79 Å². The number of benzene rings is 4. The molecule has 0 bridgehead atoms. The van der Waals surface area contributed by atoms with E-state index in [-0.39, 0.29) is 32.3 Å². The third-order valence-corrected chi connectivity index (χ3v) is 12.6. The Morgan fingerprint density at radius 1 is 0.793 bits per heavy atom. The summed E-state index contributed by atoms with van der Waals surface area (Å²) in [7, 11) is 1.43. The number of piperazine rings is 1. The molecule has 3 heterocycles. The zero-order chi connectivity index (χ0) is 41.1. The quantitative estimate of drug-likeness (QED) is 0.125. The van der Waals surface area contributed by atoms with E-state index < -0.39 is 11.3 Å². The van der Waals surface area contributed by atoms with Crippen molar-refractivity contribution >= 4 is 69.6 Å². The molecule has 0 atom stereocenters.